The van der Waals surface area contributed by atoms with E-state index < -0.39 is 10.0 Å². The van der Waals surface area contributed by atoms with Crippen LogP contribution in [0.4, 0.5) is 0 Å². The number of nitrogens with zero attached hydrogens (tertiary/aromatic N) is 2. The van der Waals surface area contributed by atoms with Gasteiger partial charge in [-0.05, 0) is 31.0 Å². The third-order valence-corrected chi connectivity index (χ3v) is 6.53. The summed E-state index contributed by atoms with van der Waals surface area (Å²) in [6.07, 6.45) is 2.88. The maximum Gasteiger partial charge on any atom is 0.240 e. The van der Waals surface area contributed by atoms with Gasteiger partial charge in [0.25, 0.3) is 0 Å². The number of aliphatic imine (C=N–C) groups is 1. The van der Waals surface area contributed by atoms with Gasteiger partial charge in [-0.3, -0.25) is 0 Å². The minimum atomic E-state index is -3.57. The molecule has 0 saturated heterocycles. The second kappa shape index (κ2) is 11.9. The van der Waals surface area contributed by atoms with Crippen molar-refractivity contribution in [1.29, 1.82) is 0 Å². The van der Waals surface area contributed by atoms with Crippen LogP contribution in [0.1, 0.15) is 29.3 Å². The van der Waals surface area contributed by atoms with Crippen molar-refractivity contribution in [2.75, 3.05) is 26.8 Å². The molecule has 1 aromatic heterocycles. The van der Waals surface area contributed by atoms with E-state index in [0.29, 0.717) is 25.7 Å². The fraction of sp³-hybridized carbons (Fsp3) is 0.474. The molecule has 0 aliphatic carbocycles. The van der Waals surface area contributed by atoms with Crippen molar-refractivity contribution < 1.29 is 13.2 Å². The van der Waals surface area contributed by atoms with Crippen LogP contribution < -0.4 is 15.4 Å². The van der Waals surface area contributed by atoms with Crippen LogP contribution in [0.5, 0.6) is 0 Å². The van der Waals surface area contributed by atoms with E-state index in [0.717, 1.165) is 23.5 Å². The summed E-state index contributed by atoms with van der Waals surface area (Å²) in [4.78, 5) is 10.4. The third kappa shape index (κ3) is 7.73. The molecule has 2 aromatic rings. The molecule has 1 heterocycles. The number of nitrogens with one attached hydrogen (secondary N) is 3. The molecule has 0 unspecified atom stereocenters. The summed E-state index contributed by atoms with van der Waals surface area (Å²) in [5, 5.41) is 7.46. The number of guanidine groups is 1. The van der Waals surface area contributed by atoms with Gasteiger partial charge in [0.05, 0.1) is 24.6 Å². The van der Waals surface area contributed by atoms with E-state index in [-0.39, 0.29) is 11.4 Å². The largest absolute Gasteiger partial charge is 0.383 e. The van der Waals surface area contributed by atoms with Gasteiger partial charge in [0.15, 0.2) is 5.96 Å². The normalized spacial score (nSPS) is 12.2. The summed E-state index contributed by atoms with van der Waals surface area (Å²) in [6, 6.07) is 6.78. The minimum Gasteiger partial charge on any atom is -0.383 e. The molecular formula is C19H29N5O3S2. The standard InChI is InChI=1S/C19H29N5O3S2/c1-4-16-13-21-18(28-16)14-23-19(20-5-2)22-12-15-7-6-8-17(11-15)29(25,26)24-9-10-27-3/h6-8,11,13,24H,4-5,9-10,12,14H2,1-3H3,(H2,20,22,23). The Morgan fingerprint density at radius 3 is 2.79 bits per heavy atom. The highest BCUT2D eigenvalue weighted by atomic mass is 32.2. The SMILES string of the molecule is CCNC(=NCc1cccc(S(=O)(=O)NCCOC)c1)NCc1ncc(CC)s1. The average Bonchev–Trinajstić information content (AvgIpc) is 3.18. The maximum atomic E-state index is 12.4. The molecule has 1 aromatic carbocycles. The Kier molecular flexibility index (Phi) is 9.52. The van der Waals surface area contributed by atoms with Gasteiger partial charge in [0, 0.05) is 31.3 Å². The van der Waals surface area contributed by atoms with Crippen LogP contribution in [0.2, 0.25) is 0 Å². The van der Waals surface area contributed by atoms with Gasteiger partial charge in [-0.15, -0.1) is 11.3 Å². The first-order chi connectivity index (χ1) is 14.0. The Morgan fingerprint density at radius 2 is 2.10 bits per heavy atom. The molecule has 160 valence electrons. The first-order valence-corrected chi connectivity index (χ1v) is 11.8. The molecule has 0 aliphatic heterocycles. The van der Waals surface area contributed by atoms with E-state index in [9.17, 15) is 8.42 Å². The molecule has 0 radical (unpaired) electrons. The summed E-state index contributed by atoms with van der Waals surface area (Å²) < 4.78 is 32.1. The van der Waals surface area contributed by atoms with Crippen molar-refractivity contribution in [3.05, 3.63) is 45.9 Å². The van der Waals surface area contributed by atoms with Gasteiger partial charge in [-0.2, -0.15) is 0 Å². The van der Waals surface area contributed by atoms with Gasteiger partial charge in [-0.1, -0.05) is 19.1 Å². The van der Waals surface area contributed by atoms with Crippen molar-refractivity contribution in [3.8, 4) is 0 Å². The molecule has 2 rings (SSSR count). The Labute approximate surface area is 176 Å². The van der Waals surface area contributed by atoms with Gasteiger partial charge in [0.1, 0.15) is 5.01 Å². The lowest BCUT2D eigenvalue weighted by Crippen LogP contribution is -2.36. The summed E-state index contributed by atoms with van der Waals surface area (Å²) in [5.41, 5.74) is 0.805. The maximum absolute atomic E-state index is 12.4. The molecule has 0 fully saturated rings. The highest BCUT2D eigenvalue weighted by molar-refractivity contribution is 7.89. The number of hydrogen-bond donors (Lipinski definition) is 3. The van der Waals surface area contributed by atoms with Gasteiger partial charge >= 0.3 is 0 Å². The first kappa shape index (κ1) is 23.3. The molecule has 0 amide bonds. The molecule has 0 spiro atoms. The highest BCUT2D eigenvalue weighted by Crippen LogP contribution is 2.14. The van der Waals surface area contributed by atoms with Crippen LogP contribution in [0.15, 0.2) is 40.4 Å². The minimum absolute atomic E-state index is 0.217. The smallest absolute Gasteiger partial charge is 0.240 e. The van der Waals surface area contributed by atoms with Crippen LogP contribution in [0, 0.1) is 0 Å². The number of aromatic nitrogens is 1. The monoisotopic (exact) mass is 439 g/mol. The van der Waals surface area contributed by atoms with E-state index in [4.69, 9.17) is 4.74 Å². The van der Waals surface area contributed by atoms with Crippen LogP contribution in [-0.4, -0.2) is 46.2 Å². The number of methoxy groups -OCH3 is 1. The number of sulfonamides is 1. The Morgan fingerprint density at radius 1 is 1.28 bits per heavy atom. The average molecular weight is 440 g/mol. The fourth-order valence-corrected chi connectivity index (χ4v) is 4.32. The lowest BCUT2D eigenvalue weighted by molar-refractivity contribution is 0.204. The Hall–Kier alpha value is -2.01. The molecule has 29 heavy (non-hydrogen) atoms. The topological polar surface area (TPSA) is 105 Å². The summed E-state index contributed by atoms with van der Waals surface area (Å²) in [7, 11) is -2.04. The van der Waals surface area contributed by atoms with Gasteiger partial charge in [0.2, 0.25) is 10.0 Å². The lowest BCUT2D eigenvalue weighted by atomic mass is 10.2. The lowest BCUT2D eigenvalue weighted by Gasteiger charge is -2.11. The van der Waals surface area contributed by atoms with Crippen LogP contribution in [0.25, 0.3) is 0 Å². The third-order valence-electron chi connectivity index (χ3n) is 3.93. The predicted molar refractivity (Wildman–Crippen MR) is 117 cm³/mol. The first-order valence-electron chi connectivity index (χ1n) is 9.51. The van der Waals surface area contributed by atoms with Crippen LogP contribution in [-0.2, 0) is 34.3 Å². The Bertz CT molecular complexity index is 897. The number of benzene rings is 1. The zero-order valence-corrected chi connectivity index (χ0v) is 18.7. The number of thiazole rings is 1. The van der Waals surface area contributed by atoms with Crippen molar-refractivity contribution in [3.63, 3.8) is 0 Å². The van der Waals surface area contributed by atoms with Crippen molar-refractivity contribution in [2.24, 2.45) is 4.99 Å². The summed E-state index contributed by atoms with van der Waals surface area (Å²) in [6.45, 7) is 6.32. The number of rotatable bonds is 11. The molecule has 0 bridgehead atoms. The molecule has 10 heteroatoms. The predicted octanol–water partition coefficient (Wildman–Crippen LogP) is 1.89. The van der Waals surface area contributed by atoms with Crippen LogP contribution >= 0.6 is 11.3 Å². The summed E-state index contributed by atoms with van der Waals surface area (Å²) >= 11 is 1.68. The number of hydrogen-bond acceptors (Lipinski definition) is 6. The highest BCUT2D eigenvalue weighted by Gasteiger charge is 2.13. The zero-order chi connectivity index (χ0) is 21.1. The van der Waals surface area contributed by atoms with E-state index >= 15 is 0 Å². The van der Waals surface area contributed by atoms with Crippen molar-refractivity contribution >= 4 is 27.3 Å². The van der Waals surface area contributed by atoms with E-state index in [2.05, 4.69) is 32.3 Å². The van der Waals surface area contributed by atoms with E-state index in [1.165, 1.54) is 12.0 Å². The van der Waals surface area contributed by atoms with Gasteiger partial charge in [-0.25, -0.2) is 23.1 Å². The molecule has 3 N–H and O–H groups in total. The van der Waals surface area contributed by atoms with Crippen molar-refractivity contribution in [2.45, 2.75) is 38.3 Å². The van der Waals surface area contributed by atoms with Crippen LogP contribution in [0.3, 0.4) is 0 Å². The number of aryl methyl sites for hydroxylation is 1. The Balaban J connectivity index is 2.02. The second-order valence-corrected chi connectivity index (χ2v) is 9.13. The second-order valence-electron chi connectivity index (χ2n) is 6.16. The summed E-state index contributed by atoms with van der Waals surface area (Å²) in [5.74, 6) is 0.659. The quantitative estimate of drug-likeness (QED) is 0.281. The molecule has 8 nitrogen and oxygen atoms in total. The fourth-order valence-electron chi connectivity index (χ4n) is 2.44. The zero-order valence-electron chi connectivity index (χ0n) is 17.1. The number of ether oxygens (including phenoxy) is 1. The molecular weight excluding hydrogens is 410 g/mol. The molecule has 0 saturated carbocycles. The van der Waals surface area contributed by atoms with E-state index in [1.54, 1.807) is 29.5 Å². The van der Waals surface area contributed by atoms with Gasteiger partial charge < -0.3 is 15.4 Å². The molecule has 0 aliphatic rings. The molecule has 0 atom stereocenters. The van der Waals surface area contributed by atoms with E-state index in [1.807, 2.05) is 19.2 Å². The van der Waals surface area contributed by atoms with Crippen molar-refractivity contribution in [1.82, 2.24) is 20.3 Å².